The Hall–Kier alpha value is -3.74. The number of carbonyl (C=O) groups excluding carboxylic acids is 1. The summed E-state index contributed by atoms with van der Waals surface area (Å²) in [7, 11) is 0. The van der Waals surface area contributed by atoms with Crippen molar-refractivity contribution in [3.8, 4) is 16.9 Å². The summed E-state index contributed by atoms with van der Waals surface area (Å²) in [5.74, 6) is 0.272. The van der Waals surface area contributed by atoms with Gasteiger partial charge in [-0.2, -0.15) is 5.10 Å². The predicted octanol–water partition coefficient (Wildman–Crippen LogP) is 4.15. The minimum absolute atomic E-state index is 0.0875. The summed E-state index contributed by atoms with van der Waals surface area (Å²) in [6.45, 7) is 3.84. The Morgan fingerprint density at radius 3 is 2.45 bits per heavy atom. The van der Waals surface area contributed by atoms with E-state index in [0.29, 0.717) is 23.6 Å². The number of rotatable bonds is 6. The molecule has 7 nitrogen and oxygen atoms in total. The lowest BCUT2D eigenvalue weighted by atomic mass is 10.1. The topological polar surface area (TPSA) is 83.0 Å². The molecule has 0 aliphatic heterocycles. The summed E-state index contributed by atoms with van der Waals surface area (Å²) in [6, 6.07) is 17.4. The van der Waals surface area contributed by atoms with Gasteiger partial charge >= 0.3 is 5.97 Å². The molecule has 0 N–H and O–H groups in total. The second-order valence-corrected chi connectivity index (χ2v) is 6.56. The van der Waals surface area contributed by atoms with E-state index in [1.807, 2.05) is 68.4 Å². The zero-order valence-electron chi connectivity index (χ0n) is 16.2. The number of hydrogen-bond donors (Lipinski definition) is 0. The Bertz CT molecular complexity index is 1110. The fourth-order valence-corrected chi connectivity index (χ4v) is 2.86. The van der Waals surface area contributed by atoms with Crippen LogP contribution < -0.4 is 0 Å². The lowest BCUT2D eigenvalue weighted by Crippen LogP contribution is -2.06. The van der Waals surface area contributed by atoms with E-state index in [9.17, 15) is 4.79 Å². The molecule has 2 aromatic carbocycles. The maximum Gasteiger partial charge on any atom is 0.342 e. The van der Waals surface area contributed by atoms with Gasteiger partial charge in [-0.15, -0.1) is 10.2 Å². The van der Waals surface area contributed by atoms with Crippen LogP contribution in [-0.4, -0.2) is 25.9 Å². The first-order valence-electron chi connectivity index (χ1n) is 9.34. The van der Waals surface area contributed by atoms with E-state index in [4.69, 9.17) is 9.15 Å². The third-order valence-electron chi connectivity index (χ3n) is 4.42. The van der Waals surface area contributed by atoms with Gasteiger partial charge in [0.15, 0.2) is 6.61 Å². The molecule has 0 atom stereocenters. The third kappa shape index (κ3) is 4.08. The lowest BCUT2D eigenvalue weighted by Gasteiger charge is -2.02. The highest BCUT2D eigenvalue weighted by Crippen LogP contribution is 2.24. The fourth-order valence-electron chi connectivity index (χ4n) is 2.86. The van der Waals surface area contributed by atoms with E-state index in [1.165, 1.54) is 0 Å². The van der Waals surface area contributed by atoms with Crippen LogP contribution in [0.2, 0.25) is 0 Å². The molecule has 0 bridgehead atoms. The van der Waals surface area contributed by atoms with Crippen LogP contribution in [0.15, 0.2) is 65.2 Å². The molecule has 0 fully saturated rings. The Kier molecular flexibility index (Phi) is 5.20. The standard InChI is InChI=1S/C22H20N4O3/c1-3-19-23-24-20(29-19)14-28-22(27)18-13-26(17-11-9-15(2)10-12-17)25-21(18)16-7-5-4-6-8-16/h4-13H,3,14H2,1-2H3. The Labute approximate surface area is 168 Å². The van der Waals surface area contributed by atoms with Crippen LogP contribution in [0, 0.1) is 6.92 Å². The molecule has 2 aromatic heterocycles. The number of nitrogens with zero attached hydrogens (tertiary/aromatic N) is 4. The second-order valence-electron chi connectivity index (χ2n) is 6.56. The van der Waals surface area contributed by atoms with Crippen LogP contribution in [0.1, 0.15) is 34.6 Å². The van der Waals surface area contributed by atoms with Crippen molar-refractivity contribution in [2.45, 2.75) is 26.9 Å². The first-order chi connectivity index (χ1) is 14.1. The molecule has 0 amide bonds. The first kappa shape index (κ1) is 18.6. The third-order valence-corrected chi connectivity index (χ3v) is 4.42. The van der Waals surface area contributed by atoms with Crippen LogP contribution in [-0.2, 0) is 17.8 Å². The molecule has 0 aliphatic carbocycles. The minimum atomic E-state index is -0.501. The van der Waals surface area contributed by atoms with Gasteiger partial charge in [-0.05, 0) is 19.1 Å². The maximum atomic E-state index is 12.8. The van der Waals surface area contributed by atoms with Gasteiger partial charge in [0.1, 0.15) is 11.3 Å². The molecule has 29 heavy (non-hydrogen) atoms. The quantitative estimate of drug-likeness (QED) is 0.462. The molecule has 0 radical (unpaired) electrons. The van der Waals surface area contributed by atoms with Crippen molar-refractivity contribution < 1.29 is 13.9 Å². The van der Waals surface area contributed by atoms with Crippen molar-refractivity contribution in [1.29, 1.82) is 0 Å². The number of carbonyl (C=O) groups is 1. The van der Waals surface area contributed by atoms with Crippen molar-refractivity contribution >= 4 is 5.97 Å². The summed E-state index contributed by atoms with van der Waals surface area (Å²) in [4.78, 5) is 12.8. The van der Waals surface area contributed by atoms with Crippen molar-refractivity contribution in [2.75, 3.05) is 0 Å². The van der Waals surface area contributed by atoms with E-state index in [2.05, 4.69) is 15.3 Å². The van der Waals surface area contributed by atoms with Gasteiger partial charge in [-0.25, -0.2) is 9.48 Å². The molecule has 4 aromatic rings. The van der Waals surface area contributed by atoms with E-state index in [-0.39, 0.29) is 12.5 Å². The van der Waals surface area contributed by atoms with Crippen molar-refractivity contribution in [3.05, 3.63) is 83.7 Å². The second kappa shape index (κ2) is 8.10. The molecule has 0 saturated carbocycles. The number of esters is 1. The van der Waals surface area contributed by atoms with Gasteiger partial charge in [0.05, 0.1) is 5.69 Å². The first-order valence-corrected chi connectivity index (χ1v) is 9.34. The normalized spacial score (nSPS) is 10.8. The van der Waals surface area contributed by atoms with Crippen LogP contribution in [0.5, 0.6) is 0 Å². The van der Waals surface area contributed by atoms with E-state index >= 15 is 0 Å². The van der Waals surface area contributed by atoms with Crippen molar-refractivity contribution in [3.63, 3.8) is 0 Å². The summed E-state index contributed by atoms with van der Waals surface area (Å²) < 4.78 is 12.5. The van der Waals surface area contributed by atoms with Gasteiger partial charge in [0, 0.05) is 18.2 Å². The largest absolute Gasteiger partial charge is 0.452 e. The molecule has 0 spiro atoms. The molecule has 4 rings (SSSR count). The highest BCUT2D eigenvalue weighted by atomic mass is 16.5. The SMILES string of the molecule is CCc1nnc(COC(=O)c2cn(-c3ccc(C)cc3)nc2-c2ccccc2)o1. The van der Waals surface area contributed by atoms with E-state index in [1.54, 1.807) is 10.9 Å². The number of aryl methyl sites for hydroxylation is 2. The fraction of sp³-hybridized carbons (Fsp3) is 0.182. The van der Waals surface area contributed by atoms with E-state index in [0.717, 1.165) is 16.8 Å². The highest BCUT2D eigenvalue weighted by Gasteiger charge is 2.21. The summed E-state index contributed by atoms with van der Waals surface area (Å²) >= 11 is 0. The Morgan fingerprint density at radius 2 is 1.76 bits per heavy atom. The molecule has 146 valence electrons. The molecule has 0 saturated heterocycles. The average molecular weight is 388 g/mol. The summed E-state index contributed by atoms with van der Waals surface area (Å²) in [5, 5.41) is 12.4. The monoisotopic (exact) mass is 388 g/mol. The Morgan fingerprint density at radius 1 is 1.03 bits per heavy atom. The lowest BCUT2D eigenvalue weighted by molar-refractivity contribution is 0.0437. The minimum Gasteiger partial charge on any atom is -0.452 e. The number of ether oxygens (including phenoxy) is 1. The van der Waals surface area contributed by atoms with Crippen LogP contribution in [0.25, 0.3) is 16.9 Å². The van der Waals surface area contributed by atoms with Gasteiger partial charge < -0.3 is 9.15 Å². The van der Waals surface area contributed by atoms with Gasteiger partial charge in [0.2, 0.25) is 5.89 Å². The number of benzene rings is 2. The molecular formula is C22H20N4O3. The zero-order chi connectivity index (χ0) is 20.2. The van der Waals surface area contributed by atoms with Gasteiger partial charge in [0.25, 0.3) is 5.89 Å². The Balaban J connectivity index is 1.64. The van der Waals surface area contributed by atoms with Gasteiger partial charge in [-0.3, -0.25) is 0 Å². The maximum absolute atomic E-state index is 12.8. The molecule has 0 unspecified atom stereocenters. The van der Waals surface area contributed by atoms with Crippen LogP contribution in [0.3, 0.4) is 0 Å². The predicted molar refractivity (Wildman–Crippen MR) is 107 cm³/mol. The average Bonchev–Trinajstić information content (AvgIpc) is 3.40. The van der Waals surface area contributed by atoms with E-state index < -0.39 is 5.97 Å². The number of aromatic nitrogens is 4. The highest BCUT2D eigenvalue weighted by molar-refractivity contribution is 5.96. The molecule has 7 heteroatoms. The zero-order valence-corrected chi connectivity index (χ0v) is 16.2. The van der Waals surface area contributed by atoms with Crippen LogP contribution in [0.4, 0.5) is 0 Å². The summed E-state index contributed by atoms with van der Waals surface area (Å²) in [6.07, 6.45) is 2.31. The molecule has 0 aliphatic rings. The van der Waals surface area contributed by atoms with Crippen LogP contribution >= 0.6 is 0 Å². The molecule has 2 heterocycles. The smallest absolute Gasteiger partial charge is 0.342 e. The van der Waals surface area contributed by atoms with Crippen molar-refractivity contribution in [2.24, 2.45) is 0 Å². The summed E-state index contributed by atoms with van der Waals surface area (Å²) in [5.41, 5.74) is 3.76. The van der Waals surface area contributed by atoms with Gasteiger partial charge in [-0.1, -0.05) is 55.0 Å². The van der Waals surface area contributed by atoms with Crippen molar-refractivity contribution in [1.82, 2.24) is 20.0 Å². The number of hydrogen-bond acceptors (Lipinski definition) is 6. The molecular weight excluding hydrogens is 368 g/mol.